The van der Waals surface area contributed by atoms with Crippen LogP contribution in [0, 0.1) is 0 Å². The number of nitrogens with zero attached hydrogens (tertiary/aromatic N) is 4. The molecule has 0 amide bonds. The monoisotopic (exact) mass is 418 g/mol. The first-order valence-electron chi connectivity index (χ1n) is 10.6. The first kappa shape index (κ1) is 17.4. The number of benzene rings is 4. The van der Waals surface area contributed by atoms with Crippen molar-refractivity contribution in [3.05, 3.63) is 108 Å². The quantitative estimate of drug-likeness (QED) is 0.347. The van der Waals surface area contributed by atoms with Gasteiger partial charge in [0, 0.05) is 34.5 Å². The van der Waals surface area contributed by atoms with Crippen LogP contribution >= 0.6 is 0 Å². The standard InChI is InChI=1S/C26H18N4O2/c1-3-7-20(8-4-1)29-26-30(21-9-5-2-6-10-21)28-23-14-12-19(17-25(23)32-26)15-18-11-13-22(27-29)24(16-18)31-26/h1-14,16-17H,15H2/q+2. The molecule has 0 saturated heterocycles. The Morgan fingerprint density at radius 2 is 1.06 bits per heavy atom. The molecule has 6 heteroatoms. The summed E-state index contributed by atoms with van der Waals surface area (Å²) >= 11 is 0. The van der Waals surface area contributed by atoms with Crippen LogP contribution in [-0.4, -0.2) is 15.4 Å². The van der Waals surface area contributed by atoms with Crippen LogP contribution in [0.2, 0.25) is 0 Å². The molecule has 1 spiro atoms. The lowest BCUT2D eigenvalue weighted by atomic mass is 10.0. The van der Waals surface area contributed by atoms with Gasteiger partial charge in [-0.1, -0.05) is 48.5 Å². The van der Waals surface area contributed by atoms with Gasteiger partial charge < -0.3 is 9.47 Å². The van der Waals surface area contributed by atoms with E-state index in [2.05, 4.69) is 12.1 Å². The van der Waals surface area contributed by atoms with E-state index in [4.69, 9.17) is 19.7 Å². The van der Waals surface area contributed by atoms with Crippen molar-refractivity contribution in [2.75, 3.05) is 0 Å². The molecular formula is C26H18N4O2+2. The molecule has 0 aliphatic carbocycles. The number of azo groups is 4. The first-order valence-corrected chi connectivity index (χ1v) is 10.6. The number of para-hydroxylation sites is 2. The summed E-state index contributed by atoms with van der Waals surface area (Å²) in [6.45, 7) is 0. The molecule has 7 rings (SSSR count). The summed E-state index contributed by atoms with van der Waals surface area (Å²) in [5.41, 5.74) is 5.46. The van der Waals surface area contributed by atoms with Crippen molar-refractivity contribution in [2.45, 2.75) is 12.5 Å². The first-order chi connectivity index (χ1) is 15.8. The van der Waals surface area contributed by atoms with Crippen molar-refractivity contribution in [3.63, 3.8) is 0 Å². The van der Waals surface area contributed by atoms with Gasteiger partial charge in [-0.3, -0.25) is 0 Å². The van der Waals surface area contributed by atoms with Crippen molar-refractivity contribution in [2.24, 2.45) is 10.2 Å². The average Bonchev–Trinajstić information content (AvgIpc) is 2.84. The summed E-state index contributed by atoms with van der Waals surface area (Å²) in [7, 11) is 0. The molecule has 0 aromatic heterocycles. The van der Waals surface area contributed by atoms with Crippen molar-refractivity contribution in [1.29, 1.82) is 0 Å². The van der Waals surface area contributed by atoms with Crippen LogP contribution in [0.1, 0.15) is 11.1 Å². The van der Waals surface area contributed by atoms with Crippen LogP contribution in [0.5, 0.6) is 11.5 Å². The van der Waals surface area contributed by atoms with Crippen molar-refractivity contribution < 1.29 is 18.9 Å². The summed E-state index contributed by atoms with van der Waals surface area (Å²) in [4.78, 5) is 0. The predicted molar refractivity (Wildman–Crippen MR) is 117 cm³/mol. The fourth-order valence-electron chi connectivity index (χ4n) is 4.39. The van der Waals surface area contributed by atoms with Crippen LogP contribution in [0.15, 0.2) is 107 Å². The third kappa shape index (κ3) is 2.46. The maximum Gasteiger partial charge on any atom is 0.762 e. The summed E-state index contributed by atoms with van der Waals surface area (Å²) < 4.78 is 16.9. The average molecular weight is 418 g/mol. The molecule has 0 fully saturated rings. The van der Waals surface area contributed by atoms with Crippen LogP contribution in [0.4, 0.5) is 22.7 Å². The number of hydrogen-bond acceptors (Lipinski definition) is 4. The number of fused-ring (bicyclic) bond motifs is 2. The molecular weight excluding hydrogens is 400 g/mol. The highest BCUT2D eigenvalue weighted by atomic mass is 16.8. The van der Waals surface area contributed by atoms with E-state index in [0.717, 1.165) is 40.3 Å². The molecule has 4 aromatic rings. The molecule has 3 aliphatic rings. The van der Waals surface area contributed by atoms with E-state index in [1.807, 2.05) is 84.9 Å². The number of ether oxygens (including phenoxy) is 2. The topological polar surface area (TPSA) is 49.2 Å². The Kier molecular flexibility index (Phi) is 3.44. The van der Waals surface area contributed by atoms with Crippen LogP contribution in [0.3, 0.4) is 0 Å². The van der Waals surface area contributed by atoms with E-state index in [1.165, 1.54) is 0 Å². The molecule has 0 saturated carbocycles. The second-order valence-electron chi connectivity index (χ2n) is 8.03. The van der Waals surface area contributed by atoms with Gasteiger partial charge in [0.1, 0.15) is 0 Å². The Morgan fingerprint density at radius 1 is 0.594 bits per heavy atom. The van der Waals surface area contributed by atoms with Gasteiger partial charge in [0.05, 0.1) is 9.39 Å². The Balaban J connectivity index is 1.60. The second-order valence-corrected chi connectivity index (χ2v) is 8.03. The zero-order chi connectivity index (χ0) is 21.1. The Morgan fingerprint density at radius 3 is 1.53 bits per heavy atom. The molecule has 0 unspecified atom stereocenters. The second kappa shape index (κ2) is 6.34. The summed E-state index contributed by atoms with van der Waals surface area (Å²) in [5.74, 6) is 1.33. The highest BCUT2D eigenvalue weighted by molar-refractivity contribution is 5.57. The van der Waals surface area contributed by atoms with Gasteiger partial charge in [0.2, 0.25) is 11.4 Å². The smallest absolute Gasteiger partial charge is 0.334 e. The van der Waals surface area contributed by atoms with E-state index in [9.17, 15) is 0 Å². The van der Waals surface area contributed by atoms with Crippen molar-refractivity contribution >= 4 is 22.7 Å². The lowest BCUT2D eigenvalue weighted by Gasteiger charge is -2.28. The summed E-state index contributed by atoms with van der Waals surface area (Å²) in [6.07, 6.45) is 0.783. The van der Waals surface area contributed by atoms with Crippen LogP contribution < -0.4 is 9.47 Å². The SMILES string of the molecule is c1ccc([N+]2=Nc3ccc4cc3OC23Oc2cc(ccc2N=[N+]3c2ccccc2)C4)cc1. The Hall–Kier alpha value is -4.32. The normalized spacial score (nSPS) is 16.5. The molecule has 3 heterocycles. The predicted octanol–water partition coefficient (Wildman–Crippen LogP) is 6.54. The maximum atomic E-state index is 6.70. The van der Waals surface area contributed by atoms with Crippen LogP contribution in [-0.2, 0) is 6.42 Å². The minimum absolute atomic E-state index is 0.666. The zero-order valence-corrected chi connectivity index (χ0v) is 17.1. The number of rotatable bonds is 2. The lowest BCUT2D eigenvalue weighted by molar-refractivity contribution is -0.902. The van der Waals surface area contributed by atoms with E-state index >= 15 is 0 Å². The van der Waals surface area contributed by atoms with E-state index in [-0.39, 0.29) is 0 Å². The lowest BCUT2D eigenvalue weighted by Crippen LogP contribution is -2.59. The maximum absolute atomic E-state index is 6.70. The van der Waals surface area contributed by atoms with Gasteiger partial charge in [-0.2, -0.15) is 0 Å². The fourth-order valence-corrected chi connectivity index (χ4v) is 4.39. The molecule has 0 atom stereocenters. The van der Waals surface area contributed by atoms with Crippen LogP contribution in [0.25, 0.3) is 0 Å². The molecule has 4 aromatic carbocycles. The van der Waals surface area contributed by atoms with Crippen molar-refractivity contribution in [1.82, 2.24) is 0 Å². The minimum Gasteiger partial charge on any atom is -0.334 e. The van der Waals surface area contributed by atoms with E-state index in [0.29, 0.717) is 11.5 Å². The van der Waals surface area contributed by atoms with Gasteiger partial charge >= 0.3 is 6.03 Å². The largest absolute Gasteiger partial charge is 0.762 e. The van der Waals surface area contributed by atoms with Crippen molar-refractivity contribution in [3.8, 4) is 11.5 Å². The van der Waals surface area contributed by atoms with E-state index < -0.39 is 6.03 Å². The molecule has 5 bridgehead atoms. The molecule has 0 N–H and O–H groups in total. The highest BCUT2D eigenvalue weighted by Gasteiger charge is 2.70. The number of hydrogen-bond donors (Lipinski definition) is 0. The molecule has 152 valence electrons. The summed E-state index contributed by atoms with van der Waals surface area (Å²) in [6, 6.07) is 30.6. The molecule has 32 heavy (non-hydrogen) atoms. The van der Waals surface area contributed by atoms with Gasteiger partial charge in [-0.15, -0.1) is 0 Å². The molecule has 6 nitrogen and oxygen atoms in total. The van der Waals surface area contributed by atoms with E-state index in [1.54, 1.807) is 9.39 Å². The summed E-state index contributed by atoms with van der Waals surface area (Å²) in [5, 5.41) is 9.97. The molecule has 0 radical (unpaired) electrons. The third-order valence-electron chi connectivity index (χ3n) is 5.89. The molecule has 3 aliphatic heterocycles. The Labute approximate surface area is 184 Å². The fraction of sp³-hybridized carbons (Fsp3) is 0.0769. The van der Waals surface area contributed by atoms with Gasteiger partial charge in [0.15, 0.2) is 22.9 Å². The van der Waals surface area contributed by atoms with Gasteiger partial charge in [0.25, 0.3) is 0 Å². The minimum atomic E-state index is -1.46. The Bertz CT molecular complexity index is 1330. The third-order valence-corrected chi connectivity index (χ3v) is 5.89. The van der Waals surface area contributed by atoms with Gasteiger partial charge in [-0.05, 0) is 41.8 Å². The van der Waals surface area contributed by atoms with Gasteiger partial charge in [-0.25, -0.2) is 0 Å². The zero-order valence-electron chi connectivity index (χ0n) is 17.1. The highest BCUT2D eigenvalue weighted by Crippen LogP contribution is 2.48.